The maximum atomic E-state index is 12.1. The Bertz CT molecular complexity index is 901. The van der Waals surface area contributed by atoms with Gasteiger partial charge in [-0.15, -0.1) is 0 Å². The molecule has 1 aliphatic rings. The molecular formula is C29H45NO8. The second-order valence-electron chi connectivity index (χ2n) is 9.68. The largest absolute Gasteiger partial charge is 0.504 e. The molecule has 5 atom stereocenters. The van der Waals surface area contributed by atoms with Crippen LogP contribution in [0.5, 0.6) is 11.5 Å². The van der Waals surface area contributed by atoms with Gasteiger partial charge in [-0.2, -0.15) is 0 Å². The monoisotopic (exact) mass is 535 g/mol. The number of aromatic hydroxyl groups is 2. The van der Waals surface area contributed by atoms with Crippen LogP contribution >= 0.6 is 0 Å². The fourth-order valence-corrected chi connectivity index (χ4v) is 4.27. The Balaban J connectivity index is 0.000000464. The quantitative estimate of drug-likeness (QED) is 0.101. The van der Waals surface area contributed by atoms with Gasteiger partial charge in [-0.25, -0.2) is 0 Å². The number of phenols is 2. The van der Waals surface area contributed by atoms with Crippen molar-refractivity contribution in [1.29, 1.82) is 0 Å². The molecule has 1 fully saturated rings. The van der Waals surface area contributed by atoms with Crippen molar-refractivity contribution < 1.29 is 40.2 Å². The van der Waals surface area contributed by atoms with Crippen molar-refractivity contribution in [2.75, 3.05) is 13.6 Å². The molecule has 2 rings (SSSR count). The molecule has 38 heavy (non-hydrogen) atoms. The zero-order valence-corrected chi connectivity index (χ0v) is 22.5. The van der Waals surface area contributed by atoms with Crippen LogP contribution in [0.4, 0.5) is 0 Å². The van der Waals surface area contributed by atoms with Crippen molar-refractivity contribution in [2.24, 2.45) is 11.8 Å². The number of phenolic OH excluding ortho intramolecular Hbond substituents is 2. The maximum Gasteiger partial charge on any atom is 0.303 e. The fraction of sp³-hybridized carbons (Fsp3) is 0.586. The van der Waals surface area contributed by atoms with Crippen molar-refractivity contribution >= 4 is 11.8 Å². The number of carboxylic acids is 1. The predicted molar refractivity (Wildman–Crippen MR) is 146 cm³/mol. The van der Waals surface area contributed by atoms with E-state index in [2.05, 4.69) is 12.2 Å². The Morgan fingerprint density at radius 2 is 1.87 bits per heavy atom. The number of aliphatic carboxylic acids is 1. The molecule has 1 aliphatic carbocycles. The van der Waals surface area contributed by atoms with Crippen LogP contribution in [0.3, 0.4) is 0 Å². The van der Waals surface area contributed by atoms with Gasteiger partial charge in [0, 0.05) is 31.2 Å². The second kappa shape index (κ2) is 18.5. The predicted octanol–water partition coefficient (Wildman–Crippen LogP) is 3.60. The minimum atomic E-state index is -0.801. The first-order chi connectivity index (χ1) is 18.1. The van der Waals surface area contributed by atoms with Gasteiger partial charge in [0.05, 0.1) is 18.3 Å². The normalized spacial score (nSPS) is 21.0. The van der Waals surface area contributed by atoms with E-state index >= 15 is 0 Å². The first-order valence-electron chi connectivity index (χ1n) is 13.4. The SMILES string of the molecule is CCCCC[C@H](O)/C=C/[C@H]1[C@H](O)CC(=O)[C@@H]1C/C=C\CCCC(=O)O.CNC[C@H](O)c1ccc(O)c(O)c1. The van der Waals surface area contributed by atoms with Crippen LogP contribution in [-0.2, 0) is 9.59 Å². The second-order valence-corrected chi connectivity index (χ2v) is 9.68. The summed E-state index contributed by atoms with van der Waals surface area (Å²) in [6, 6.07) is 4.26. The topological polar surface area (TPSA) is 168 Å². The number of Topliss-reactive ketones (excluding diaryl/α,β-unsaturated/α-hetero) is 1. The molecule has 0 aliphatic heterocycles. The lowest BCUT2D eigenvalue weighted by atomic mass is 9.90. The number of hydrogen-bond donors (Lipinski definition) is 7. The third-order valence-corrected chi connectivity index (χ3v) is 6.49. The van der Waals surface area contributed by atoms with Gasteiger partial charge in [0.25, 0.3) is 0 Å². The third kappa shape index (κ3) is 12.7. The van der Waals surface area contributed by atoms with E-state index in [1.165, 1.54) is 12.1 Å². The van der Waals surface area contributed by atoms with Crippen molar-refractivity contribution in [2.45, 2.75) is 83.0 Å². The lowest BCUT2D eigenvalue weighted by molar-refractivity contribution is -0.137. The van der Waals surface area contributed by atoms with E-state index in [4.69, 9.17) is 15.3 Å². The number of likely N-dealkylation sites (N-methyl/N-ethyl adjacent to an activating group) is 1. The minimum Gasteiger partial charge on any atom is -0.504 e. The molecule has 1 aromatic rings. The number of allylic oxidation sites excluding steroid dienone is 2. The molecule has 0 heterocycles. The Morgan fingerprint density at radius 3 is 2.50 bits per heavy atom. The van der Waals surface area contributed by atoms with Crippen molar-refractivity contribution in [3.8, 4) is 11.5 Å². The van der Waals surface area contributed by atoms with E-state index < -0.39 is 24.3 Å². The first kappa shape index (κ1) is 33.3. The number of aliphatic hydroxyl groups excluding tert-OH is 3. The zero-order valence-electron chi connectivity index (χ0n) is 22.5. The molecule has 0 aromatic heterocycles. The van der Waals surface area contributed by atoms with Gasteiger partial charge in [-0.3, -0.25) is 9.59 Å². The number of carbonyl (C=O) groups excluding carboxylic acids is 1. The van der Waals surface area contributed by atoms with Gasteiger partial charge in [-0.05, 0) is 50.4 Å². The summed E-state index contributed by atoms with van der Waals surface area (Å²) in [5, 5.41) is 59.1. The standard InChI is InChI=1S/C20H32O5.C9H13NO3/c1-2-3-6-9-15(21)12-13-17-16(18(22)14-19(17)23)10-7-4-5-8-11-20(24)25;1-10-5-9(13)6-2-3-7(11)8(12)4-6/h4,7,12-13,15-17,19,21,23H,2-3,5-6,8-11,14H2,1H3,(H,24,25);2-4,9-13H,5H2,1H3/b7-4-,13-12+;/t15-,16+,17+,19+;9-/m00/s1. The molecule has 9 nitrogen and oxygen atoms in total. The molecule has 0 unspecified atom stereocenters. The number of benzene rings is 1. The van der Waals surface area contributed by atoms with Gasteiger partial charge in [0.2, 0.25) is 0 Å². The van der Waals surface area contributed by atoms with Crippen molar-refractivity contribution in [1.82, 2.24) is 5.32 Å². The smallest absolute Gasteiger partial charge is 0.303 e. The molecule has 0 amide bonds. The number of aliphatic hydroxyl groups is 3. The summed E-state index contributed by atoms with van der Waals surface area (Å²) in [7, 11) is 1.73. The highest BCUT2D eigenvalue weighted by Gasteiger charge is 2.39. The van der Waals surface area contributed by atoms with E-state index in [1.807, 2.05) is 12.2 Å². The maximum absolute atomic E-state index is 12.1. The van der Waals surface area contributed by atoms with E-state index in [0.29, 0.717) is 37.8 Å². The number of carbonyl (C=O) groups is 2. The van der Waals surface area contributed by atoms with Gasteiger partial charge in [0.1, 0.15) is 5.78 Å². The highest BCUT2D eigenvalue weighted by atomic mass is 16.4. The first-order valence-corrected chi connectivity index (χ1v) is 13.4. The van der Waals surface area contributed by atoms with E-state index in [0.717, 1.165) is 19.3 Å². The minimum absolute atomic E-state index is 0.0535. The average Bonchev–Trinajstić information content (AvgIpc) is 3.13. The Kier molecular flexibility index (Phi) is 16.2. The summed E-state index contributed by atoms with van der Waals surface area (Å²) >= 11 is 0. The number of hydrogen-bond acceptors (Lipinski definition) is 8. The molecule has 0 bridgehead atoms. The molecule has 0 saturated heterocycles. The fourth-order valence-electron chi connectivity index (χ4n) is 4.27. The Morgan fingerprint density at radius 1 is 1.13 bits per heavy atom. The van der Waals surface area contributed by atoms with Crippen LogP contribution in [0.1, 0.15) is 76.4 Å². The molecule has 7 N–H and O–H groups in total. The van der Waals surface area contributed by atoms with Gasteiger partial charge in [-0.1, -0.05) is 56.6 Å². The number of nitrogens with one attached hydrogen (secondary N) is 1. The van der Waals surface area contributed by atoms with E-state index in [-0.39, 0.29) is 42.0 Å². The summed E-state index contributed by atoms with van der Waals surface area (Å²) in [4.78, 5) is 22.5. The summed E-state index contributed by atoms with van der Waals surface area (Å²) in [5.74, 6) is -1.65. The molecule has 9 heteroatoms. The zero-order chi connectivity index (χ0) is 28.5. The average molecular weight is 536 g/mol. The molecule has 1 aromatic carbocycles. The lowest BCUT2D eigenvalue weighted by Crippen LogP contribution is -2.18. The van der Waals surface area contributed by atoms with Crippen molar-refractivity contribution in [3.05, 3.63) is 48.1 Å². The van der Waals surface area contributed by atoms with Gasteiger partial charge < -0.3 is 36.0 Å². The number of rotatable bonds is 15. The van der Waals surface area contributed by atoms with Gasteiger partial charge in [0.15, 0.2) is 11.5 Å². The highest BCUT2D eigenvalue weighted by molar-refractivity contribution is 5.84. The van der Waals surface area contributed by atoms with Crippen LogP contribution in [0.25, 0.3) is 0 Å². The van der Waals surface area contributed by atoms with E-state index in [1.54, 1.807) is 25.3 Å². The summed E-state index contributed by atoms with van der Waals surface area (Å²) in [5.41, 5.74) is 0.574. The number of unbranched alkanes of at least 4 members (excludes halogenated alkanes) is 3. The van der Waals surface area contributed by atoms with E-state index in [9.17, 15) is 24.9 Å². The molecule has 1 saturated carbocycles. The summed E-state index contributed by atoms with van der Waals surface area (Å²) in [6.07, 6.45) is 11.4. The summed E-state index contributed by atoms with van der Waals surface area (Å²) in [6.45, 7) is 2.52. The molecular weight excluding hydrogens is 490 g/mol. The Labute approximate surface area is 225 Å². The number of carboxylic acid groups (broad SMARTS) is 1. The van der Waals surface area contributed by atoms with Crippen LogP contribution in [-0.4, -0.2) is 68.2 Å². The highest BCUT2D eigenvalue weighted by Crippen LogP contribution is 2.33. The van der Waals surface area contributed by atoms with Gasteiger partial charge >= 0.3 is 5.97 Å². The van der Waals surface area contributed by atoms with Crippen LogP contribution in [0.15, 0.2) is 42.5 Å². The van der Waals surface area contributed by atoms with Crippen LogP contribution < -0.4 is 5.32 Å². The molecule has 0 spiro atoms. The van der Waals surface area contributed by atoms with Crippen molar-refractivity contribution in [3.63, 3.8) is 0 Å². The summed E-state index contributed by atoms with van der Waals surface area (Å²) < 4.78 is 0. The van der Waals surface area contributed by atoms with Crippen LogP contribution in [0.2, 0.25) is 0 Å². The molecule has 0 radical (unpaired) electrons. The lowest BCUT2D eigenvalue weighted by Gasteiger charge is -2.16. The third-order valence-electron chi connectivity index (χ3n) is 6.49. The Hall–Kier alpha value is -2.72. The molecule has 214 valence electrons. The number of ketones is 1. The van der Waals surface area contributed by atoms with Crippen LogP contribution in [0, 0.1) is 11.8 Å².